The fourth-order valence-corrected chi connectivity index (χ4v) is 4.42. The summed E-state index contributed by atoms with van der Waals surface area (Å²) in [6, 6.07) is 10.7. The van der Waals surface area contributed by atoms with Crippen LogP contribution >= 0.6 is 46.3 Å². The van der Waals surface area contributed by atoms with Gasteiger partial charge in [0.1, 0.15) is 5.75 Å². The molecule has 2 aromatic carbocycles. The van der Waals surface area contributed by atoms with E-state index in [2.05, 4.69) is 15.8 Å². The minimum atomic E-state index is -0.406. The van der Waals surface area contributed by atoms with Gasteiger partial charge < -0.3 is 9.30 Å². The predicted octanol–water partition coefficient (Wildman–Crippen LogP) is 5.51. The Labute approximate surface area is 175 Å². The van der Waals surface area contributed by atoms with Crippen LogP contribution in [0.25, 0.3) is 10.2 Å². The van der Waals surface area contributed by atoms with Gasteiger partial charge in [-0.1, -0.05) is 34.5 Å². The predicted molar refractivity (Wildman–Crippen MR) is 116 cm³/mol. The summed E-state index contributed by atoms with van der Waals surface area (Å²) in [7, 11) is 0. The first-order chi connectivity index (χ1) is 13.0. The second-order valence-electron chi connectivity index (χ2n) is 5.63. The highest BCUT2D eigenvalue weighted by atomic mass is 35.5. The van der Waals surface area contributed by atoms with Crippen molar-refractivity contribution >= 4 is 62.4 Å². The van der Waals surface area contributed by atoms with E-state index >= 15 is 0 Å². The maximum absolute atomic E-state index is 12.7. The van der Waals surface area contributed by atoms with E-state index in [0.717, 1.165) is 28.3 Å². The van der Waals surface area contributed by atoms with Crippen molar-refractivity contribution in [3.8, 4) is 5.75 Å². The molecule has 1 heterocycles. The van der Waals surface area contributed by atoms with E-state index in [1.54, 1.807) is 30.0 Å². The maximum atomic E-state index is 12.7. The number of hydrogen-bond acceptors (Lipinski definition) is 4. The molecule has 0 bridgehead atoms. The first kappa shape index (κ1) is 20.3. The summed E-state index contributed by atoms with van der Waals surface area (Å²) < 4.78 is 8.66. The van der Waals surface area contributed by atoms with Crippen LogP contribution < -0.4 is 9.54 Å². The number of rotatable bonds is 6. The summed E-state index contributed by atoms with van der Waals surface area (Å²) in [5.41, 5.74) is 1.33. The van der Waals surface area contributed by atoms with Gasteiger partial charge in [-0.15, -0.1) is 0 Å². The Morgan fingerprint density at radius 2 is 2.07 bits per heavy atom. The summed E-state index contributed by atoms with van der Waals surface area (Å²) in [4.78, 5) is 17.7. The topological polar surface area (TPSA) is 43.6 Å². The number of benzene rings is 2. The molecule has 0 unspecified atom stereocenters. The van der Waals surface area contributed by atoms with Crippen LogP contribution in [-0.4, -0.2) is 29.1 Å². The zero-order valence-electron chi connectivity index (χ0n) is 14.9. The fraction of sp³-hybridized carbons (Fsp3) is 0.263. The Balaban J connectivity index is 2.11. The number of nitrogens with zero attached hydrogens (tertiary/aromatic N) is 2. The number of halogens is 2. The molecule has 0 N–H and O–H groups in total. The van der Waals surface area contributed by atoms with E-state index < -0.39 is 5.91 Å². The molecular formula is C19H18Cl2N2O2S2. The van der Waals surface area contributed by atoms with E-state index in [1.165, 1.54) is 11.3 Å². The SMILES string of the molecule is CCOc1ccc2c(c1)sc(=NC(=O)c1cc(Cl)ccc1Cl)n2CCSC. The van der Waals surface area contributed by atoms with Crippen molar-refractivity contribution in [1.29, 1.82) is 0 Å². The zero-order chi connectivity index (χ0) is 19.4. The number of aromatic nitrogens is 1. The largest absolute Gasteiger partial charge is 0.494 e. The van der Waals surface area contributed by atoms with Crippen molar-refractivity contribution in [2.24, 2.45) is 4.99 Å². The number of carbonyl (C=O) groups is 1. The van der Waals surface area contributed by atoms with Crippen LogP contribution in [0.4, 0.5) is 0 Å². The molecule has 1 aromatic heterocycles. The molecule has 0 aliphatic rings. The highest BCUT2D eigenvalue weighted by Gasteiger charge is 2.13. The zero-order valence-corrected chi connectivity index (χ0v) is 18.0. The van der Waals surface area contributed by atoms with Gasteiger partial charge in [0, 0.05) is 17.3 Å². The second kappa shape index (κ2) is 9.15. The lowest BCUT2D eigenvalue weighted by Gasteiger charge is -2.05. The molecule has 0 radical (unpaired) electrons. The Morgan fingerprint density at radius 3 is 2.81 bits per heavy atom. The molecule has 0 atom stereocenters. The first-order valence-corrected chi connectivity index (χ1v) is 11.3. The van der Waals surface area contributed by atoms with Crippen LogP contribution in [0.1, 0.15) is 17.3 Å². The summed E-state index contributed by atoms with van der Waals surface area (Å²) in [5, 5.41) is 0.787. The standard InChI is InChI=1S/C19H18Cl2N2O2S2/c1-3-25-13-5-7-16-17(11-13)27-19(23(16)8-9-26-2)22-18(24)14-10-12(20)4-6-15(14)21/h4-7,10-11H,3,8-9H2,1-2H3. The molecule has 8 heteroatoms. The summed E-state index contributed by atoms with van der Waals surface area (Å²) >= 11 is 15.4. The number of hydrogen-bond donors (Lipinski definition) is 0. The van der Waals surface area contributed by atoms with Gasteiger partial charge >= 0.3 is 0 Å². The average Bonchev–Trinajstić information content (AvgIpc) is 2.98. The summed E-state index contributed by atoms with van der Waals surface area (Å²) in [5.74, 6) is 1.31. The molecule has 142 valence electrons. The third-order valence-electron chi connectivity index (χ3n) is 3.84. The Kier molecular flexibility index (Phi) is 6.87. The van der Waals surface area contributed by atoms with Crippen molar-refractivity contribution in [3.05, 3.63) is 56.8 Å². The Bertz CT molecular complexity index is 1040. The van der Waals surface area contributed by atoms with Crippen molar-refractivity contribution in [3.63, 3.8) is 0 Å². The van der Waals surface area contributed by atoms with E-state index in [0.29, 0.717) is 27.0 Å². The molecule has 3 aromatic rings. The smallest absolute Gasteiger partial charge is 0.281 e. The molecular weight excluding hydrogens is 423 g/mol. The highest BCUT2D eigenvalue weighted by Crippen LogP contribution is 2.25. The van der Waals surface area contributed by atoms with E-state index in [1.807, 2.05) is 25.1 Å². The van der Waals surface area contributed by atoms with E-state index in [9.17, 15) is 4.79 Å². The van der Waals surface area contributed by atoms with Crippen molar-refractivity contribution in [2.45, 2.75) is 13.5 Å². The molecule has 0 saturated carbocycles. The third kappa shape index (κ3) is 4.69. The first-order valence-electron chi connectivity index (χ1n) is 8.32. The molecule has 1 amide bonds. The molecule has 4 nitrogen and oxygen atoms in total. The molecule has 27 heavy (non-hydrogen) atoms. The highest BCUT2D eigenvalue weighted by molar-refractivity contribution is 7.98. The second-order valence-corrected chi connectivity index (χ2v) is 8.47. The molecule has 0 fully saturated rings. The van der Waals surface area contributed by atoms with Crippen molar-refractivity contribution in [2.75, 3.05) is 18.6 Å². The normalized spacial score (nSPS) is 11.9. The number of carbonyl (C=O) groups excluding carboxylic acids is 1. The molecule has 3 rings (SSSR count). The van der Waals surface area contributed by atoms with Crippen LogP contribution in [0.5, 0.6) is 5.75 Å². The van der Waals surface area contributed by atoms with Gasteiger partial charge in [0.25, 0.3) is 5.91 Å². The molecule has 0 spiro atoms. The van der Waals surface area contributed by atoms with Gasteiger partial charge in [0.05, 0.1) is 27.4 Å². The summed E-state index contributed by atoms with van der Waals surface area (Å²) in [6.07, 6.45) is 2.05. The number of ether oxygens (including phenoxy) is 1. The third-order valence-corrected chi connectivity index (χ3v) is 6.04. The molecule has 0 saturated heterocycles. The molecule has 0 aliphatic heterocycles. The van der Waals surface area contributed by atoms with E-state index in [-0.39, 0.29) is 0 Å². The van der Waals surface area contributed by atoms with Crippen molar-refractivity contribution in [1.82, 2.24) is 4.57 Å². The number of aryl methyl sites for hydroxylation is 1. The lowest BCUT2D eigenvalue weighted by molar-refractivity contribution is 0.0998. The minimum Gasteiger partial charge on any atom is -0.494 e. The number of thiazole rings is 1. The fourth-order valence-electron chi connectivity index (χ4n) is 2.60. The van der Waals surface area contributed by atoms with Crippen LogP contribution in [0, 0.1) is 0 Å². The van der Waals surface area contributed by atoms with Gasteiger partial charge in [-0.3, -0.25) is 4.79 Å². The van der Waals surface area contributed by atoms with Crippen LogP contribution in [-0.2, 0) is 6.54 Å². The van der Waals surface area contributed by atoms with Gasteiger partial charge in [-0.2, -0.15) is 16.8 Å². The van der Waals surface area contributed by atoms with Crippen LogP contribution in [0.3, 0.4) is 0 Å². The van der Waals surface area contributed by atoms with Crippen LogP contribution in [0.15, 0.2) is 41.4 Å². The Morgan fingerprint density at radius 1 is 1.26 bits per heavy atom. The number of amides is 1. The Hall–Kier alpha value is -1.47. The van der Waals surface area contributed by atoms with Gasteiger partial charge in [0.15, 0.2) is 4.80 Å². The van der Waals surface area contributed by atoms with Gasteiger partial charge in [-0.05, 0) is 49.6 Å². The monoisotopic (exact) mass is 440 g/mol. The van der Waals surface area contributed by atoms with Crippen LogP contribution in [0.2, 0.25) is 10.0 Å². The maximum Gasteiger partial charge on any atom is 0.281 e. The number of fused-ring (bicyclic) bond motifs is 1. The van der Waals surface area contributed by atoms with E-state index in [4.69, 9.17) is 27.9 Å². The van der Waals surface area contributed by atoms with Crippen molar-refractivity contribution < 1.29 is 9.53 Å². The number of thioether (sulfide) groups is 1. The average molecular weight is 441 g/mol. The minimum absolute atomic E-state index is 0.299. The lowest BCUT2D eigenvalue weighted by atomic mass is 10.2. The van der Waals surface area contributed by atoms with Gasteiger partial charge in [-0.25, -0.2) is 0 Å². The summed E-state index contributed by atoms with van der Waals surface area (Å²) in [6.45, 7) is 3.31. The lowest BCUT2D eigenvalue weighted by Crippen LogP contribution is -2.18. The van der Waals surface area contributed by atoms with Gasteiger partial charge in [0.2, 0.25) is 0 Å². The quantitative estimate of drug-likeness (QED) is 0.507. The molecule has 0 aliphatic carbocycles.